The lowest BCUT2D eigenvalue weighted by Crippen LogP contribution is -2.28. The van der Waals surface area contributed by atoms with Gasteiger partial charge in [0.2, 0.25) is 0 Å². The number of carbonyl (C=O) groups is 1. The van der Waals surface area contributed by atoms with Gasteiger partial charge in [0, 0.05) is 25.3 Å². The third-order valence-corrected chi connectivity index (χ3v) is 3.83. The van der Waals surface area contributed by atoms with Gasteiger partial charge in [-0.2, -0.15) is 5.10 Å². The Balaban J connectivity index is 1.65. The van der Waals surface area contributed by atoms with E-state index in [1.165, 1.54) is 6.21 Å². The van der Waals surface area contributed by atoms with Crippen LogP contribution in [0.3, 0.4) is 0 Å². The van der Waals surface area contributed by atoms with Crippen LogP contribution in [0, 0.1) is 0 Å². The molecule has 0 saturated heterocycles. The van der Waals surface area contributed by atoms with Crippen molar-refractivity contribution >= 4 is 17.8 Å². The average molecular weight is 365 g/mol. The molecule has 27 heavy (non-hydrogen) atoms. The fraction of sp³-hybridized carbons (Fsp3) is 0.158. The number of benzene rings is 2. The van der Waals surface area contributed by atoms with Crippen molar-refractivity contribution in [3.8, 4) is 11.4 Å². The molecule has 1 aromatic heterocycles. The zero-order valence-corrected chi connectivity index (χ0v) is 15.0. The Hall–Kier alpha value is -3.68. The van der Waals surface area contributed by atoms with E-state index in [-0.39, 0.29) is 6.54 Å². The van der Waals surface area contributed by atoms with Crippen LogP contribution in [0.2, 0.25) is 0 Å². The molecule has 3 rings (SSSR count). The maximum atomic E-state index is 12.1. The second-order valence-electron chi connectivity index (χ2n) is 6.00. The minimum Gasteiger partial charge on any atom is -0.378 e. The summed E-state index contributed by atoms with van der Waals surface area (Å²) >= 11 is 0. The molecule has 2 aromatic carbocycles. The van der Waals surface area contributed by atoms with Crippen LogP contribution in [-0.4, -0.2) is 35.9 Å². The predicted octanol–water partition coefficient (Wildman–Crippen LogP) is 1.72. The Morgan fingerprint density at radius 3 is 2.56 bits per heavy atom. The molecule has 0 bridgehead atoms. The highest BCUT2D eigenvalue weighted by Gasteiger charge is 2.15. The Labute approximate surface area is 155 Å². The van der Waals surface area contributed by atoms with Crippen molar-refractivity contribution in [1.29, 1.82) is 0 Å². The van der Waals surface area contributed by atoms with Gasteiger partial charge in [0.1, 0.15) is 6.54 Å². The van der Waals surface area contributed by atoms with E-state index in [0.29, 0.717) is 11.4 Å². The van der Waals surface area contributed by atoms with Crippen molar-refractivity contribution in [2.75, 3.05) is 19.0 Å². The molecule has 0 fully saturated rings. The lowest BCUT2D eigenvalue weighted by molar-refractivity contribution is -0.121. The predicted molar refractivity (Wildman–Crippen MR) is 103 cm³/mol. The number of hydrogen-bond acceptors (Lipinski definition) is 6. The second kappa shape index (κ2) is 8.13. The van der Waals surface area contributed by atoms with E-state index in [4.69, 9.17) is 4.52 Å². The molecule has 138 valence electrons. The summed E-state index contributed by atoms with van der Waals surface area (Å²) in [5, 5.41) is 7.67. The lowest BCUT2D eigenvalue weighted by Gasteiger charge is -2.11. The molecular formula is C19H19N5O3. The van der Waals surface area contributed by atoms with Gasteiger partial charge in [-0.3, -0.25) is 9.32 Å². The van der Waals surface area contributed by atoms with Gasteiger partial charge in [0.15, 0.2) is 5.82 Å². The number of amides is 1. The van der Waals surface area contributed by atoms with Crippen LogP contribution in [0.5, 0.6) is 0 Å². The van der Waals surface area contributed by atoms with Crippen molar-refractivity contribution < 1.29 is 9.32 Å². The highest BCUT2D eigenvalue weighted by molar-refractivity contribution is 5.83. The van der Waals surface area contributed by atoms with Gasteiger partial charge >= 0.3 is 5.76 Å². The average Bonchev–Trinajstić information content (AvgIpc) is 3.03. The van der Waals surface area contributed by atoms with Gasteiger partial charge in [-0.05, 0) is 17.7 Å². The minimum absolute atomic E-state index is 0.247. The highest BCUT2D eigenvalue weighted by Crippen LogP contribution is 2.14. The van der Waals surface area contributed by atoms with Crippen LogP contribution < -0.4 is 16.1 Å². The largest absolute Gasteiger partial charge is 0.442 e. The van der Waals surface area contributed by atoms with Crippen molar-refractivity contribution in [3.05, 3.63) is 70.7 Å². The van der Waals surface area contributed by atoms with Gasteiger partial charge in [-0.25, -0.2) is 14.8 Å². The SMILES string of the molecule is CN(C)c1ccc(/C=N/NC(=O)Cn2c(-c3ccccc3)noc2=O)cc1. The first-order chi connectivity index (χ1) is 13.0. The number of hydrazone groups is 1. The first-order valence-electron chi connectivity index (χ1n) is 8.26. The van der Waals surface area contributed by atoms with E-state index in [0.717, 1.165) is 15.8 Å². The fourth-order valence-corrected chi connectivity index (χ4v) is 2.42. The molecule has 0 aliphatic heterocycles. The smallest absolute Gasteiger partial charge is 0.378 e. The van der Waals surface area contributed by atoms with Crippen molar-refractivity contribution in [3.63, 3.8) is 0 Å². The van der Waals surface area contributed by atoms with E-state index >= 15 is 0 Å². The molecule has 3 aromatic rings. The zero-order valence-electron chi connectivity index (χ0n) is 15.0. The van der Waals surface area contributed by atoms with Crippen molar-refractivity contribution in [2.24, 2.45) is 5.10 Å². The van der Waals surface area contributed by atoms with Crippen LogP contribution in [0.1, 0.15) is 5.56 Å². The Morgan fingerprint density at radius 1 is 1.19 bits per heavy atom. The molecule has 0 aliphatic carbocycles. The van der Waals surface area contributed by atoms with E-state index in [1.807, 2.05) is 61.5 Å². The van der Waals surface area contributed by atoms with E-state index in [1.54, 1.807) is 12.1 Å². The number of rotatable bonds is 6. The molecule has 0 aliphatic rings. The number of nitrogens with zero attached hydrogens (tertiary/aromatic N) is 4. The fourth-order valence-electron chi connectivity index (χ4n) is 2.42. The van der Waals surface area contributed by atoms with Gasteiger partial charge in [0.05, 0.1) is 6.21 Å². The van der Waals surface area contributed by atoms with Gasteiger partial charge in [-0.15, -0.1) is 0 Å². The number of aromatic nitrogens is 2. The molecule has 0 spiro atoms. The molecule has 0 unspecified atom stereocenters. The van der Waals surface area contributed by atoms with Gasteiger partial charge in [-0.1, -0.05) is 47.6 Å². The summed E-state index contributed by atoms with van der Waals surface area (Å²) in [4.78, 5) is 26.0. The molecule has 1 heterocycles. The monoisotopic (exact) mass is 365 g/mol. The third-order valence-electron chi connectivity index (χ3n) is 3.83. The molecule has 0 atom stereocenters. The first kappa shape index (κ1) is 18.1. The summed E-state index contributed by atoms with van der Waals surface area (Å²) in [6, 6.07) is 16.7. The molecule has 0 saturated carbocycles. The van der Waals surface area contributed by atoms with Crippen LogP contribution in [0.25, 0.3) is 11.4 Å². The number of hydrogen-bond donors (Lipinski definition) is 1. The van der Waals surface area contributed by atoms with Crippen molar-refractivity contribution in [1.82, 2.24) is 15.1 Å². The van der Waals surface area contributed by atoms with Gasteiger partial charge in [0.25, 0.3) is 5.91 Å². The minimum atomic E-state index is -0.702. The van der Waals surface area contributed by atoms with Crippen LogP contribution >= 0.6 is 0 Å². The number of carbonyl (C=O) groups excluding carboxylic acids is 1. The Kier molecular flexibility index (Phi) is 5.46. The number of anilines is 1. The quantitative estimate of drug-likeness (QED) is 0.530. The molecule has 1 amide bonds. The Morgan fingerprint density at radius 2 is 1.89 bits per heavy atom. The highest BCUT2D eigenvalue weighted by atomic mass is 16.5. The standard InChI is InChI=1S/C19H19N5O3/c1-23(2)16-10-8-14(9-11-16)12-20-21-17(25)13-24-18(22-27-19(24)26)15-6-4-3-5-7-15/h3-12H,13H2,1-2H3,(H,21,25)/b20-12+. The molecular weight excluding hydrogens is 346 g/mol. The molecule has 8 nitrogen and oxygen atoms in total. The second-order valence-corrected chi connectivity index (χ2v) is 6.00. The summed E-state index contributed by atoms with van der Waals surface area (Å²) in [5.74, 6) is -0.870. The summed E-state index contributed by atoms with van der Waals surface area (Å²) < 4.78 is 5.85. The zero-order chi connectivity index (χ0) is 19.2. The maximum Gasteiger partial charge on any atom is 0.442 e. The summed E-state index contributed by atoms with van der Waals surface area (Å²) in [6.07, 6.45) is 1.53. The maximum absolute atomic E-state index is 12.1. The molecule has 0 radical (unpaired) electrons. The van der Waals surface area contributed by atoms with Crippen LogP contribution in [-0.2, 0) is 11.3 Å². The summed E-state index contributed by atoms with van der Waals surface area (Å²) in [7, 11) is 3.92. The van der Waals surface area contributed by atoms with E-state index in [2.05, 4.69) is 15.7 Å². The first-order valence-corrected chi connectivity index (χ1v) is 8.26. The van der Waals surface area contributed by atoms with Gasteiger partial charge < -0.3 is 4.90 Å². The van der Waals surface area contributed by atoms with Crippen LogP contribution in [0.15, 0.2) is 69.0 Å². The Bertz CT molecular complexity index is 988. The van der Waals surface area contributed by atoms with E-state index in [9.17, 15) is 9.59 Å². The lowest BCUT2D eigenvalue weighted by atomic mass is 10.2. The normalized spacial score (nSPS) is 10.9. The third kappa shape index (κ3) is 4.49. The van der Waals surface area contributed by atoms with Crippen molar-refractivity contribution in [2.45, 2.75) is 6.54 Å². The van der Waals surface area contributed by atoms with E-state index < -0.39 is 11.7 Å². The molecule has 8 heteroatoms. The summed E-state index contributed by atoms with van der Waals surface area (Å²) in [6.45, 7) is -0.247. The topological polar surface area (TPSA) is 92.7 Å². The molecule has 1 N–H and O–H groups in total. The summed E-state index contributed by atoms with van der Waals surface area (Å²) in [5.41, 5.74) is 4.99. The van der Waals surface area contributed by atoms with Crippen LogP contribution in [0.4, 0.5) is 5.69 Å². The number of nitrogens with one attached hydrogen (secondary N) is 1.